The van der Waals surface area contributed by atoms with E-state index in [0.29, 0.717) is 45.3 Å². The van der Waals surface area contributed by atoms with Crippen LogP contribution in [0.25, 0.3) is 0 Å². The lowest BCUT2D eigenvalue weighted by Gasteiger charge is -2.36. The van der Waals surface area contributed by atoms with Crippen LogP contribution in [0.4, 0.5) is 33.6 Å². The first kappa shape index (κ1) is 27.8. The highest BCUT2D eigenvalue weighted by atomic mass is 16.5. The molecule has 4 amide bonds. The average Bonchev–Trinajstić information content (AvgIpc) is 2.99. The summed E-state index contributed by atoms with van der Waals surface area (Å²) in [5.41, 5.74) is 9.90. The van der Waals surface area contributed by atoms with E-state index in [9.17, 15) is 14.4 Å². The number of carbonyl (C=O) groups excluding carboxylic acids is 3. The van der Waals surface area contributed by atoms with Crippen molar-refractivity contribution in [3.8, 4) is 5.75 Å². The fourth-order valence-corrected chi connectivity index (χ4v) is 4.63. The highest BCUT2D eigenvalue weighted by Crippen LogP contribution is 2.35. The smallest absolute Gasteiger partial charge is 0.330 e. The number of rotatable bonds is 9. The van der Waals surface area contributed by atoms with E-state index in [1.165, 1.54) is 11.0 Å². The third kappa shape index (κ3) is 5.89. The molecule has 42 heavy (non-hydrogen) atoms. The number of aryl methyl sites for hydroxylation is 1. The number of nitrogens with one attached hydrogen (secondary N) is 2. The molecule has 0 aliphatic carbocycles. The molecule has 212 valence electrons. The Balaban J connectivity index is 1.55. The summed E-state index contributed by atoms with van der Waals surface area (Å²) in [4.78, 5) is 50.2. The second-order valence-electron chi connectivity index (χ2n) is 9.63. The molecule has 2 heterocycles. The van der Waals surface area contributed by atoms with Crippen LogP contribution in [0.3, 0.4) is 0 Å². The molecule has 4 N–H and O–H groups in total. The van der Waals surface area contributed by atoms with Gasteiger partial charge in [-0.1, -0.05) is 30.8 Å². The van der Waals surface area contributed by atoms with E-state index >= 15 is 0 Å². The number of ether oxygens (including phenoxy) is 1. The number of para-hydroxylation sites is 2. The van der Waals surface area contributed by atoms with Gasteiger partial charge in [0.25, 0.3) is 0 Å². The highest BCUT2D eigenvalue weighted by molar-refractivity contribution is 6.06. The maximum atomic E-state index is 14.1. The van der Waals surface area contributed by atoms with Crippen molar-refractivity contribution >= 4 is 46.7 Å². The minimum Gasteiger partial charge on any atom is -0.497 e. The van der Waals surface area contributed by atoms with Gasteiger partial charge in [0.05, 0.1) is 31.6 Å². The predicted octanol–water partition coefficient (Wildman–Crippen LogP) is 4.91. The number of nitrogens with two attached hydrogens (primary N) is 1. The van der Waals surface area contributed by atoms with Crippen molar-refractivity contribution < 1.29 is 19.1 Å². The topological polar surface area (TPSA) is 143 Å². The molecular formula is C31H29N7O4. The minimum atomic E-state index is -0.563. The molecule has 4 aromatic rings. The first-order chi connectivity index (χ1) is 20.2. The van der Waals surface area contributed by atoms with Crippen molar-refractivity contribution in [2.24, 2.45) is 5.73 Å². The Hall–Kier alpha value is -5.71. The van der Waals surface area contributed by atoms with E-state index in [2.05, 4.69) is 22.2 Å². The summed E-state index contributed by atoms with van der Waals surface area (Å²) in [6.07, 6.45) is 2.84. The van der Waals surface area contributed by atoms with Crippen LogP contribution in [0, 0.1) is 6.92 Å². The summed E-state index contributed by atoms with van der Waals surface area (Å²) in [5.74, 6) is 0.335. The normalized spacial score (nSPS) is 12.4. The van der Waals surface area contributed by atoms with Crippen LogP contribution in [-0.4, -0.2) is 34.9 Å². The number of fused-ring (bicyclic) bond motifs is 1. The molecule has 0 unspecified atom stereocenters. The maximum absolute atomic E-state index is 14.1. The SMILES string of the molecule is C=CC(=O)Nc1ccccc1Nc1ncc2c(n1)N(Cc1cccc(C(N)=O)c1)C(=O)N(c1cc(C)cc(OC)c1)C2. The molecule has 11 nitrogen and oxygen atoms in total. The Kier molecular flexibility index (Phi) is 7.82. The predicted molar refractivity (Wildman–Crippen MR) is 161 cm³/mol. The summed E-state index contributed by atoms with van der Waals surface area (Å²) < 4.78 is 5.44. The minimum absolute atomic E-state index is 0.120. The number of amides is 4. The van der Waals surface area contributed by atoms with E-state index in [4.69, 9.17) is 15.5 Å². The summed E-state index contributed by atoms with van der Waals surface area (Å²) in [5, 5.41) is 5.89. The zero-order chi connectivity index (χ0) is 29.8. The van der Waals surface area contributed by atoms with E-state index in [0.717, 1.165) is 5.56 Å². The number of aromatic nitrogens is 2. The summed E-state index contributed by atoms with van der Waals surface area (Å²) in [6.45, 7) is 5.77. The standard InChI is InChI=1S/C31H29N7O4/c1-4-27(39)34-25-10-5-6-11-26(25)35-30-33-16-22-18-37(23-12-19(2)13-24(15-23)42-3)31(41)38(29(22)36-30)17-20-8-7-9-21(14-20)28(32)40/h4-16H,1,17-18H2,2-3H3,(H2,32,40)(H,34,39)(H,33,35,36). The fourth-order valence-electron chi connectivity index (χ4n) is 4.63. The molecule has 0 atom stereocenters. The molecule has 0 fully saturated rings. The number of primary amides is 1. The van der Waals surface area contributed by atoms with Crippen molar-refractivity contribution in [1.29, 1.82) is 0 Å². The van der Waals surface area contributed by atoms with Gasteiger partial charge in [0.15, 0.2) is 0 Å². The lowest BCUT2D eigenvalue weighted by molar-refractivity contribution is -0.111. The van der Waals surface area contributed by atoms with Crippen LogP contribution in [0.15, 0.2) is 85.6 Å². The molecule has 11 heteroatoms. The van der Waals surface area contributed by atoms with E-state index in [1.54, 1.807) is 66.7 Å². The lowest BCUT2D eigenvalue weighted by atomic mass is 10.1. The Morgan fingerprint density at radius 3 is 2.62 bits per heavy atom. The first-order valence-electron chi connectivity index (χ1n) is 13.0. The van der Waals surface area contributed by atoms with Crippen LogP contribution in [0.5, 0.6) is 5.75 Å². The first-order valence-corrected chi connectivity index (χ1v) is 13.0. The summed E-state index contributed by atoms with van der Waals surface area (Å²) >= 11 is 0. The van der Waals surface area contributed by atoms with Gasteiger partial charge in [-0.3, -0.25) is 19.4 Å². The number of nitrogens with zero attached hydrogens (tertiary/aromatic N) is 4. The second-order valence-corrected chi connectivity index (χ2v) is 9.63. The fraction of sp³-hybridized carbons (Fsp3) is 0.129. The van der Waals surface area contributed by atoms with Crippen LogP contribution in [0.2, 0.25) is 0 Å². The van der Waals surface area contributed by atoms with Crippen LogP contribution < -0.4 is 30.9 Å². The van der Waals surface area contributed by atoms with Crippen LogP contribution in [-0.2, 0) is 17.9 Å². The Morgan fingerprint density at radius 1 is 1.10 bits per heavy atom. The number of methoxy groups -OCH3 is 1. The molecule has 0 spiro atoms. The zero-order valence-electron chi connectivity index (χ0n) is 23.1. The summed E-state index contributed by atoms with van der Waals surface area (Å²) in [7, 11) is 1.58. The van der Waals surface area contributed by atoms with Crippen molar-refractivity contribution in [2.75, 3.05) is 27.5 Å². The number of anilines is 5. The van der Waals surface area contributed by atoms with Gasteiger partial charge in [0, 0.05) is 29.1 Å². The molecule has 0 saturated carbocycles. The Labute approximate surface area is 242 Å². The van der Waals surface area contributed by atoms with E-state index in [1.807, 2.05) is 25.1 Å². The molecule has 0 saturated heterocycles. The summed E-state index contributed by atoms with van der Waals surface area (Å²) in [6, 6.07) is 19.2. The van der Waals surface area contributed by atoms with Crippen molar-refractivity contribution in [2.45, 2.75) is 20.0 Å². The molecule has 1 aliphatic heterocycles. The number of benzene rings is 3. The third-order valence-electron chi connectivity index (χ3n) is 6.64. The van der Waals surface area contributed by atoms with Gasteiger partial charge in [0.2, 0.25) is 17.8 Å². The van der Waals surface area contributed by atoms with Gasteiger partial charge in [-0.15, -0.1) is 0 Å². The van der Waals surface area contributed by atoms with Gasteiger partial charge in [0.1, 0.15) is 11.6 Å². The van der Waals surface area contributed by atoms with Gasteiger partial charge in [-0.25, -0.2) is 9.78 Å². The average molecular weight is 564 g/mol. The van der Waals surface area contributed by atoms with E-state index < -0.39 is 5.91 Å². The largest absolute Gasteiger partial charge is 0.497 e. The van der Waals surface area contributed by atoms with Crippen LogP contribution in [0.1, 0.15) is 27.0 Å². The molecule has 1 aromatic heterocycles. The second kappa shape index (κ2) is 11.8. The Bertz CT molecular complexity index is 1700. The van der Waals surface area contributed by atoms with Crippen molar-refractivity contribution in [3.63, 3.8) is 0 Å². The van der Waals surface area contributed by atoms with Gasteiger partial charge < -0.3 is 21.1 Å². The quantitative estimate of drug-likeness (QED) is 0.246. The molecule has 1 aliphatic rings. The molecule has 0 bridgehead atoms. The Morgan fingerprint density at radius 2 is 1.88 bits per heavy atom. The van der Waals surface area contributed by atoms with Crippen LogP contribution >= 0.6 is 0 Å². The number of hydrogen-bond donors (Lipinski definition) is 3. The lowest BCUT2D eigenvalue weighted by Crippen LogP contribution is -2.47. The maximum Gasteiger partial charge on any atom is 0.330 e. The number of carbonyl (C=O) groups is 3. The highest BCUT2D eigenvalue weighted by Gasteiger charge is 2.34. The van der Waals surface area contributed by atoms with Crippen molar-refractivity contribution in [3.05, 3.63) is 108 Å². The van der Waals surface area contributed by atoms with E-state index in [-0.39, 0.29) is 31.0 Å². The monoisotopic (exact) mass is 563 g/mol. The molecule has 3 aromatic carbocycles. The molecule has 0 radical (unpaired) electrons. The number of hydrogen-bond acceptors (Lipinski definition) is 7. The van der Waals surface area contributed by atoms with Gasteiger partial charge >= 0.3 is 6.03 Å². The van der Waals surface area contributed by atoms with Gasteiger partial charge in [-0.05, 0) is 60.5 Å². The van der Waals surface area contributed by atoms with Crippen molar-refractivity contribution in [1.82, 2.24) is 9.97 Å². The molecular weight excluding hydrogens is 534 g/mol. The van der Waals surface area contributed by atoms with Gasteiger partial charge in [-0.2, -0.15) is 4.98 Å². The molecule has 5 rings (SSSR count). The number of urea groups is 1. The zero-order valence-corrected chi connectivity index (χ0v) is 23.1. The third-order valence-corrected chi connectivity index (χ3v) is 6.64.